The summed E-state index contributed by atoms with van der Waals surface area (Å²) in [4.78, 5) is 54.7. The summed E-state index contributed by atoms with van der Waals surface area (Å²) in [5.74, 6) is -2.89. The van der Waals surface area contributed by atoms with Gasteiger partial charge in [-0.3, -0.25) is 24.1 Å². The number of esters is 2. The topological polar surface area (TPSA) is 291 Å². The number of carbonyl (C=O) groups excluding carboxylic acids is 4. The van der Waals surface area contributed by atoms with Crippen LogP contribution in [0, 0.1) is 0 Å². The number of benzene rings is 2. The van der Waals surface area contributed by atoms with Crippen molar-refractivity contribution in [1.82, 2.24) is 15.5 Å². The van der Waals surface area contributed by atoms with Crippen molar-refractivity contribution in [2.75, 3.05) is 65.8 Å². The molecule has 0 saturated carbocycles. The summed E-state index contributed by atoms with van der Waals surface area (Å²) in [6, 6.07) is 16.4. The molecule has 2 heterocycles. The van der Waals surface area contributed by atoms with E-state index in [2.05, 4.69) is 10.6 Å². The highest BCUT2D eigenvalue weighted by atomic mass is 16.7. The van der Waals surface area contributed by atoms with E-state index < -0.39 is 111 Å². The molecule has 21 nitrogen and oxygen atoms in total. The Bertz CT molecular complexity index is 1610. The first kappa shape index (κ1) is 51.4. The Morgan fingerprint density at radius 1 is 0.587 bits per heavy atom. The molecule has 0 aliphatic carbocycles. The summed E-state index contributed by atoms with van der Waals surface area (Å²) in [5.41, 5.74) is 1.41. The van der Waals surface area contributed by atoms with Crippen LogP contribution in [0.1, 0.15) is 31.4 Å². The molecule has 2 aromatic carbocycles. The summed E-state index contributed by atoms with van der Waals surface area (Å²) in [6.07, 6.45) is -12.9. The van der Waals surface area contributed by atoms with E-state index in [1.807, 2.05) is 0 Å². The number of carbonyl (C=O) groups is 4. The van der Waals surface area contributed by atoms with Gasteiger partial charge in [-0.2, -0.15) is 0 Å². The molecule has 21 heteroatoms. The Balaban J connectivity index is 1.33. The van der Waals surface area contributed by atoms with Crippen LogP contribution in [0.15, 0.2) is 60.7 Å². The van der Waals surface area contributed by atoms with Gasteiger partial charge in [0.25, 0.3) is 0 Å². The minimum absolute atomic E-state index is 0.00675. The largest absolute Gasteiger partial charge is 0.460 e. The molecule has 63 heavy (non-hydrogen) atoms. The summed E-state index contributed by atoms with van der Waals surface area (Å²) in [6.45, 7) is 1.54. The molecule has 0 radical (unpaired) electrons. The number of rotatable bonds is 26. The number of aliphatic hydroxyl groups is 6. The third-order valence-corrected chi connectivity index (χ3v) is 10.0. The minimum Gasteiger partial charge on any atom is -0.460 e. The van der Waals surface area contributed by atoms with Crippen molar-refractivity contribution in [3.05, 3.63) is 71.8 Å². The molecular formula is C42H61N3O18. The Hall–Kier alpha value is -4.20. The van der Waals surface area contributed by atoms with E-state index in [0.29, 0.717) is 11.1 Å². The average Bonchev–Trinajstić information content (AvgIpc) is 3.28. The fraction of sp³-hybridized carbons (Fsp3) is 0.619. The summed E-state index contributed by atoms with van der Waals surface area (Å²) >= 11 is 0. The zero-order valence-electron chi connectivity index (χ0n) is 35.3. The lowest BCUT2D eigenvalue weighted by molar-refractivity contribution is -0.294. The van der Waals surface area contributed by atoms with Gasteiger partial charge < -0.3 is 79.2 Å². The smallest absolute Gasteiger partial charge is 0.320 e. The van der Waals surface area contributed by atoms with E-state index in [9.17, 15) is 49.8 Å². The van der Waals surface area contributed by atoms with Crippen molar-refractivity contribution < 1.29 is 87.7 Å². The van der Waals surface area contributed by atoms with Crippen molar-refractivity contribution in [2.45, 2.75) is 101 Å². The molecule has 0 bridgehead atoms. The van der Waals surface area contributed by atoms with E-state index in [4.69, 9.17) is 37.9 Å². The monoisotopic (exact) mass is 895 g/mol. The second-order valence-electron chi connectivity index (χ2n) is 14.9. The van der Waals surface area contributed by atoms with E-state index >= 15 is 0 Å². The first-order valence-electron chi connectivity index (χ1n) is 20.7. The molecular weight excluding hydrogens is 834 g/mol. The van der Waals surface area contributed by atoms with Gasteiger partial charge in [-0.25, -0.2) is 0 Å². The quantitative estimate of drug-likeness (QED) is 0.0357. The summed E-state index contributed by atoms with van der Waals surface area (Å²) < 4.78 is 43.6. The van der Waals surface area contributed by atoms with Crippen LogP contribution in [0.25, 0.3) is 0 Å². The first-order chi connectivity index (χ1) is 30.2. The second kappa shape index (κ2) is 27.2. The van der Waals surface area contributed by atoms with Gasteiger partial charge in [-0.1, -0.05) is 60.7 Å². The number of hydrogen-bond acceptors (Lipinski definition) is 19. The molecule has 2 aromatic rings. The number of nitrogens with one attached hydrogen (secondary N) is 2. The molecule has 0 unspecified atom stereocenters. The molecule has 2 aliphatic rings. The van der Waals surface area contributed by atoms with E-state index in [1.54, 1.807) is 60.7 Å². The van der Waals surface area contributed by atoms with Crippen molar-refractivity contribution in [2.24, 2.45) is 0 Å². The Morgan fingerprint density at radius 3 is 1.46 bits per heavy atom. The Morgan fingerprint density at radius 2 is 1.02 bits per heavy atom. The van der Waals surface area contributed by atoms with Crippen LogP contribution < -0.4 is 10.6 Å². The molecule has 2 saturated heterocycles. The molecule has 0 aromatic heterocycles. The maximum Gasteiger partial charge on any atom is 0.320 e. The maximum absolute atomic E-state index is 13.8. The zero-order valence-corrected chi connectivity index (χ0v) is 35.3. The minimum atomic E-state index is -1.49. The van der Waals surface area contributed by atoms with Crippen LogP contribution in [0.3, 0.4) is 0 Å². The van der Waals surface area contributed by atoms with Gasteiger partial charge in [0.15, 0.2) is 12.6 Å². The molecule has 11 atom stereocenters. The van der Waals surface area contributed by atoms with Crippen molar-refractivity contribution in [1.29, 1.82) is 0 Å². The van der Waals surface area contributed by atoms with Gasteiger partial charge in [-0.15, -0.1) is 0 Å². The lowest BCUT2D eigenvalue weighted by Crippen LogP contribution is -2.57. The standard InChI is InChI=1S/C42H61N3O18/c1-26-34(49)36(51)38(53)41(62-26)58-19-17-56-15-13-43-31(46)21-30(40(55)44-14-16-57-18-20-59-42-39(54)37(52)35(50)27(2)63-42)45(22-32(47)60-24-28-9-5-3-6-10-28)23-33(48)61-25-29-11-7-4-8-12-29/h3-12,26-27,30,34-39,41-42,49-54H,13-25H2,1-2H3,(H,43,46)(H,44,55)/t26-,27-,30-,34-,35-,36+,37+,38+,39+,41+,42+/m0/s1. The van der Waals surface area contributed by atoms with Gasteiger partial charge in [-0.05, 0) is 25.0 Å². The summed E-state index contributed by atoms with van der Waals surface area (Å²) in [5, 5.41) is 65.3. The summed E-state index contributed by atoms with van der Waals surface area (Å²) in [7, 11) is 0. The van der Waals surface area contributed by atoms with Gasteiger partial charge >= 0.3 is 11.9 Å². The Labute approximate surface area is 365 Å². The van der Waals surface area contributed by atoms with Gasteiger partial charge in [0, 0.05) is 13.1 Å². The first-order valence-corrected chi connectivity index (χ1v) is 20.7. The van der Waals surface area contributed by atoms with Crippen molar-refractivity contribution in [3.63, 3.8) is 0 Å². The average molecular weight is 896 g/mol. The molecule has 4 rings (SSSR count). The molecule has 0 spiro atoms. The zero-order chi connectivity index (χ0) is 45.7. The second-order valence-corrected chi connectivity index (χ2v) is 14.9. The highest BCUT2D eigenvalue weighted by Gasteiger charge is 2.43. The molecule has 352 valence electrons. The fourth-order valence-corrected chi connectivity index (χ4v) is 6.39. The molecule has 2 amide bonds. The highest BCUT2D eigenvalue weighted by molar-refractivity contribution is 5.89. The van der Waals surface area contributed by atoms with Gasteiger partial charge in [0.2, 0.25) is 11.8 Å². The predicted molar refractivity (Wildman–Crippen MR) is 217 cm³/mol. The van der Waals surface area contributed by atoms with Crippen LogP contribution in [0.4, 0.5) is 0 Å². The number of ether oxygens (including phenoxy) is 8. The Kier molecular flexibility index (Phi) is 22.2. The van der Waals surface area contributed by atoms with Crippen LogP contribution in [0.2, 0.25) is 0 Å². The SMILES string of the molecule is C[C@@H]1O[C@@H](OCCOCCNC(=O)C[C@@H](C(=O)NCCOCCO[C@@H]2O[C@@H](C)[C@H](O)[C@@H](O)[C@H]2O)N(CC(=O)OCc2ccccc2)CC(=O)OCc2ccccc2)[C@H](O)[C@H](O)[C@H]1O. The van der Waals surface area contributed by atoms with Gasteiger partial charge in [0.05, 0.1) is 77.4 Å². The predicted octanol–water partition coefficient (Wildman–Crippen LogP) is -2.51. The highest BCUT2D eigenvalue weighted by Crippen LogP contribution is 2.23. The molecule has 2 aliphatic heterocycles. The van der Waals surface area contributed by atoms with Crippen molar-refractivity contribution >= 4 is 23.8 Å². The third-order valence-electron chi connectivity index (χ3n) is 10.0. The third kappa shape index (κ3) is 17.4. The number of hydrogen-bond donors (Lipinski definition) is 8. The van der Waals surface area contributed by atoms with Crippen LogP contribution in [-0.2, 0) is 70.3 Å². The lowest BCUT2D eigenvalue weighted by Gasteiger charge is -2.38. The number of amides is 2. The normalized spacial score (nSPS) is 26.4. The molecule has 2 fully saturated rings. The van der Waals surface area contributed by atoms with Gasteiger partial charge in [0.1, 0.15) is 49.8 Å². The van der Waals surface area contributed by atoms with Crippen LogP contribution in [0.5, 0.6) is 0 Å². The lowest BCUT2D eigenvalue weighted by atomic mass is 10.0. The van der Waals surface area contributed by atoms with E-state index in [-0.39, 0.29) is 65.9 Å². The van der Waals surface area contributed by atoms with Crippen LogP contribution in [-0.4, -0.2) is 193 Å². The van der Waals surface area contributed by atoms with Crippen molar-refractivity contribution in [3.8, 4) is 0 Å². The van der Waals surface area contributed by atoms with E-state index in [1.165, 1.54) is 18.7 Å². The number of aliphatic hydroxyl groups excluding tert-OH is 6. The molecule has 8 N–H and O–H groups in total. The maximum atomic E-state index is 13.8. The number of nitrogens with zero attached hydrogens (tertiary/aromatic N) is 1. The van der Waals surface area contributed by atoms with E-state index in [0.717, 1.165) is 0 Å². The fourth-order valence-electron chi connectivity index (χ4n) is 6.39. The van der Waals surface area contributed by atoms with Crippen LogP contribution >= 0.6 is 0 Å².